The number of hydrogen-bond acceptors (Lipinski definition) is 3. The maximum absolute atomic E-state index is 11.2. The van der Waals surface area contributed by atoms with E-state index >= 15 is 0 Å². The van der Waals surface area contributed by atoms with Gasteiger partial charge in [-0.1, -0.05) is 24.3 Å². The number of carbonyl (C=O) groups excluding carboxylic acids is 1. The Morgan fingerprint density at radius 2 is 1.70 bits per heavy atom. The van der Waals surface area contributed by atoms with Crippen LogP contribution in [0.25, 0.3) is 0 Å². The summed E-state index contributed by atoms with van der Waals surface area (Å²) >= 11 is 0. The van der Waals surface area contributed by atoms with E-state index in [9.17, 15) is 4.79 Å². The predicted octanol–water partition coefficient (Wildman–Crippen LogP) is 2.78. The molecule has 3 N–H and O–H groups in total. The summed E-state index contributed by atoms with van der Waals surface area (Å²) in [6.45, 7) is 6.72. The molecule has 1 amide bonds. The lowest BCUT2D eigenvalue weighted by Gasteiger charge is -2.22. The molecule has 0 fully saturated rings. The van der Waals surface area contributed by atoms with E-state index < -0.39 is 5.91 Å². The zero-order chi connectivity index (χ0) is 19.6. The molecule has 0 aliphatic rings. The first-order valence-corrected chi connectivity index (χ1v) is 9.13. The van der Waals surface area contributed by atoms with Crippen LogP contribution in [0.4, 0.5) is 0 Å². The molecular weight excluding hydrogens is 340 g/mol. The fourth-order valence-electron chi connectivity index (χ4n) is 2.62. The molecule has 0 aromatic heterocycles. The second kappa shape index (κ2) is 10.2. The number of hydrogen-bond donors (Lipinski definition) is 2. The number of guanidine groups is 1. The summed E-state index contributed by atoms with van der Waals surface area (Å²) < 4.78 is 5.48. The molecule has 2 aromatic carbocycles. The highest BCUT2D eigenvalue weighted by Gasteiger charge is 2.07. The fourth-order valence-corrected chi connectivity index (χ4v) is 2.62. The lowest BCUT2D eigenvalue weighted by Crippen LogP contribution is -2.38. The lowest BCUT2D eigenvalue weighted by molar-refractivity contribution is 0.100. The van der Waals surface area contributed by atoms with Gasteiger partial charge in [0.2, 0.25) is 5.91 Å². The average molecular weight is 368 g/mol. The van der Waals surface area contributed by atoms with Crippen molar-refractivity contribution in [3.05, 3.63) is 65.2 Å². The van der Waals surface area contributed by atoms with Crippen LogP contribution in [-0.4, -0.2) is 37.0 Å². The van der Waals surface area contributed by atoms with Crippen molar-refractivity contribution in [2.24, 2.45) is 10.7 Å². The van der Waals surface area contributed by atoms with E-state index in [0.717, 1.165) is 30.4 Å². The summed E-state index contributed by atoms with van der Waals surface area (Å²) in [7, 11) is 2.01. The van der Waals surface area contributed by atoms with Crippen molar-refractivity contribution in [3.8, 4) is 5.75 Å². The van der Waals surface area contributed by atoms with Crippen LogP contribution < -0.4 is 15.8 Å². The largest absolute Gasteiger partial charge is 0.494 e. The third-order valence-electron chi connectivity index (χ3n) is 4.00. The van der Waals surface area contributed by atoms with Crippen molar-refractivity contribution in [2.75, 3.05) is 20.2 Å². The molecule has 0 radical (unpaired) electrons. The van der Waals surface area contributed by atoms with Crippen molar-refractivity contribution in [1.29, 1.82) is 0 Å². The van der Waals surface area contributed by atoms with Gasteiger partial charge in [-0.2, -0.15) is 0 Å². The Morgan fingerprint density at radius 1 is 1.07 bits per heavy atom. The molecule has 2 aromatic rings. The normalized spacial score (nSPS) is 11.1. The van der Waals surface area contributed by atoms with Crippen LogP contribution in [0.5, 0.6) is 5.75 Å². The molecule has 0 aliphatic carbocycles. The Hall–Kier alpha value is -3.02. The van der Waals surface area contributed by atoms with Crippen LogP contribution in [0.15, 0.2) is 53.5 Å². The van der Waals surface area contributed by atoms with Crippen molar-refractivity contribution in [1.82, 2.24) is 10.2 Å². The summed E-state index contributed by atoms with van der Waals surface area (Å²) in [6, 6.07) is 15.3. The molecule has 0 saturated heterocycles. The highest BCUT2D eigenvalue weighted by molar-refractivity contribution is 5.92. The first kappa shape index (κ1) is 20.3. The SMILES string of the molecule is CCNC(=NCc1ccc(C(N)=O)cc1)N(C)Cc1ccc(OCC)cc1. The standard InChI is InChI=1S/C21H28N4O2/c1-4-23-21(24-14-16-6-10-18(11-7-16)20(22)26)25(3)15-17-8-12-19(13-9-17)27-5-2/h6-13H,4-5,14-15H2,1-3H3,(H2,22,26)(H,23,24). The smallest absolute Gasteiger partial charge is 0.248 e. The van der Waals surface area contributed by atoms with Gasteiger partial charge in [0.15, 0.2) is 5.96 Å². The topological polar surface area (TPSA) is 79.9 Å². The Balaban J connectivity index is 2.03. The molecule has 0 spiro atoms. The maximum Gasteiger partial charge on any atom is 0.248 e. The quantitative estimate of drug-likeness (QED) is 0.555. The zero-order valence-electron chi connectivity index (χ0n) is 16.2. The third-order valence-corrected chi connectivity index (χ3v) is 4.00. The maximum atomic E-state index is 11.2. The minimum Gasteiger partial charge on any atom is -0.494 e. The monoisotopic (exact) mass is 368 g/mol. The molecular formula is C21H28N4O2. The van der Waals surface area contributed by atoms with E-state index in [1.54, 1.807) is 12.1 Å². The number of rotatable bonds is 8. The van der Waals surface area contributed by atoms with Gasteiger partial charge in [0, 0.05) is 25.7 Å². The van der Waals surface area contributed by atoms with Gasteiger partial charge in [-0.05, 0) is 49.2 Å². The van der Waals surface area contributed by atoms with Crippen molar-refractivity contribution >= 4 is 11.9 Å². The summed E-state index contributed by atoms with van der Waals surface area (Å²) in [5.41, 5.74) is 7.97. The third kappa shape index (κ3) is 6.33. The average Bonchev–Trinajstić information content (AvgIpc) is 2.67. The second-order valence-corrected chi connectivity index (χ2v) is 6.16. The number of benzene rings is 2. The van der Waals surface area contributed by atoms with Gasteiger partial charge in [0.05, 0.1) is 13.2 Å². The highest BCUT2D eigenvalue weighted by Crippen LogP contribution is 2.13. The summed E-state index contributed by atoms with van der Waals surface area (Å²) in [4.78, 5) is 17.9. The number of carbonyl (C=O) groups is 1. The van der Waals surface area contributed by atoms with Gasteiger partial charge in [0.1, 0.15) is 5.75 Å². The molecule has 0 saturated carbocycles. The van der Waals surface area contributed by atoms with Crippen molar-refractivity contribution in [3.63, 3.8) is 0 Å². The summed E-state index contributed by atoms with van der Waals surface area (Å²) in [5.74, 6) is 1.28. The number of nitrogens with zero attached hydrogens (tertiary/aromatic N) is 2. The van der Waals surface area contributed by atoms with Gasteiger partial charge in [-0.15, -0.1) is 0 Å². The molecule has 6 heteroatoms. The Morgan fingerprint density at radius 3 is 2.26 bits per heavy atom. The van der Waals surface area contributed by atoms with E-state index in [0.29, 0.717) is 18.7 Å². The summed E-state index contributed by atoms with van der Waals surface area (Å²) in [5, 5.41) is 3.31. The number of nitrogens with one attached hydrogen (secondary N) is 1. The summed E-state index contributed by atoms with van der Waals surface area (Å²) in [6.07, 6.45) is 0. The lowest BCUT2D eigenvalue weighted by atomic mass is 10.1. The molecule has 2 rings (SSSR count). The van der Waals surface area contributed by atoms with Crippen LogP contribution in [0, 0.1) is 0 Å². The van der Waals surface area contributed by atoms with Crippen LogP contribution in [0.1, 0.15) is 35.3 Å². The molecule has 6 nitrogen and oxygen atoms in total. The molecule has 144 valence electrons. The van der Waals surface area contributed by atoms with Crippen LogP contribution >= 0.6 is 0 Å². The van der Waals surface area contributed by atoms with Gasteiger partial charge in [-0.3, -0.25) is 4.79 Å². The van der Waals surface area contributed by atoms with Crippen LogP contribution in [0.3, 0.4) is 0 Å². The van der Waals surface area contributed by atoms with Crippen LogP contribution in [-0.2, 0) is 13.1 Å². The first-order chi connectivity index (χ1) is 13.0. The molecule has 0 atom stereocenters. The number of ether oxygens (including phenoxy) is 1. The molecule has 0 bridgehead atoms. The number of nitrogens with two attached hydrogens (primary N) is 1. The Bertz CT molecular complexity index is 755. The Labute approximate surface area is 161 Å². The van der Waals surface area contributed by atoms with Crippen molar-refractivity contribution < 1.29 is 9.53 Å². The van der Waals surface area contributed by atoms with E-state index in [4.69, 9.17) is 15.5 Å². The zero-order valence-corrected chi connectivity index (χ0v) is 16.2. The van der Waals surface area contributed by atoms with E-state index in [2.05, 4.69) is 22.3 Å². The second-order valence-electron chi connectivity index (χ2n) is 6.16. The molecule has 0 heterocycles. The van der Waals surface area contributed by atoms with E-state index in [1.807, 2.05) is 45.2 Å². The Kier molecular flexibility index (Phi) is 7.67. The number of amides is 1. The molecule has 27 heavy (non-hydrogen) atoms. The predicted molar refractivity (Wildman–Crippen MR) is 109 cm³/mol. The van der Waals surface area contributed by atoms with Crippen LogP contribution in [0.2, 0.25) is 0 Å². The molecule has 0 unspecified atom stereocenters. The number of aliphatic imine (C=N–C) groups is 1. The van der Waals surface area contributed by atoms with Gasteiger partial charge < -0.3 is 20.7 Å². The minimum absolute atomic E-state index is 0.423. The minimum atomic E-state index is -0.423. The van der Waals surface area contributed by atoms with E-state index in [1.165, 1.54) is 5.56 Å². The van der Waals surface area contributed by atoms with Gasteiger partial charge >= 0.3 is 0 Å². The van der Waals surface area contributed by atoms with Gasteiger partial charge in [-0.25, -0.2) is 4.99 Å². The highest BCUT2D eigenvalue weighted by atomic mass is 16.5. The van der Waals surface area contributed by atoms with E-state index in [-0.39, 0.29) is 0 Å². The van der Waals surface area contributed by atoms with Crippen molar-refractivity contribution in [2.45, 2.75) is 26.9 Å². The fraction of sp³-hybridized carbons (Fsp3) is 0.333. The first-order valence-electron chi connectivity index (χ1n) is 9.13. The number of primary amides is 1. The van der Waals surface area contributed by atoms with Gasteiger partial charge in [0.25, 0.3) is 0 Å². The molecule has 0 aliphatic heterocycles.